The van der Waals surface area contributed by atoms with E-state index in [2.05, 4.69) is 15.3 Å². The highest BCUT2D eigenvalue weighted by Crippen LogP contribution is 2.38. The number of nitrogens with one attached hydrogen (secondary N) is 1. The minimum atomic E-state index is -0.383. The third-order valence-corrected chi connectivity index (χ3v) is 4.55. The lowest BCUT2D eigenvalue weighted by Gasteiger charge is -2.12. The van der Waals surface area contributed by atoms with Crippen LogP contribution in [-0.2, 0) is 6.54 Å². The highest BCUT2D eigenvalue weighted by molar-refractivity contribution is 7.98. The molecule has 0 saturated carbocycles. The second-order valence-electron chi connectivity index (χ2n) is 5.19. The standard InChI is InChI=1S/C16H15Cl2N3O3S/c1-25-16-20-8-11(18)13(21-16)15(22)19-7-9-5-10(17)14-12(6-9)23-3-2-4-24-14/h5-6,8H,2-4,7H2,1H3,(H,19,22). The van der Waals surface area contributed by atoms with Crippen LogP contribution in [0.5, 0.6) is 11.5 Å². The molecule has 1 N–H and O–H groups in total. The minimum Gasteiger partial charge on any atom is -0.489 e. The quantitative estimate of drug-likeness (QED) is 0.625. The number of benzene rings is 1. The summed E-state index contributed by atoms with van der Waals surface area (Å²) in [6.07, 6.45) is 4.03. The Hall–Kier alpha value is -1.70. The second kappa shape index (κ2) is 8.12. The third kappa shape index (κ3) is 4.29. The molecule has 1 aromatic carbocycles. The van der Waals surface area contributed by atoms with Gasteiger partial charge in [-0.05, 0) is 24.0 Å². The van der Waals surface area contributed by atoms with Crippen LogP contribution in [0.15, 0.2) is 23.5 Å². The smallest absolute Gasteiger partial charge is 0.271 e. The highest BCUT2D eigenvalue weighted by atomic mass is 35.5. The molecule has 9 heteroatoms. The summed E-state index contributed by atoms with van der Waals surface area (Å²) in [5.41, 5.74) is 0.930. The van der Waals surface area contributed by atoms with Crippen LogP contribution in [-0.4, -0.2) is 35.3 Å². The summed E-state index contributed by atoms with van der Waals surface area (Å²) in [5, 5.41) is 3.91. The summed E-state index contributed by atoms with van der Waals surface area (Å²) in [6, 6.07) is 3.55. The van der Waals surface area contributed by atoms with E-state index in [0.29, 0.717) is 34.9 Å². The molecule has 0 unspecified atom stereocenters. The van der Waals surface area contributed by atoms with Crippen molar-refractivity contribution in [2.45, 2.75) is 18.1 Å². The van der Waals surface area contributed by atoms with E-state index < -0.39 is 0 Å². The van der Waals surface area contributed by atoms with Crippen LogP contribution in [0.25, 0.3) is 0 Å². The zero-order valence-corrected chi connectivity index (χ0v) is 15.7. The Balaban J connectivity index is 1.74. The van der Waals surface area contributed by atoms with E-state index in [9.17, 15) is 4.79 Å². The van der Waals surface area contributed by atoms with Crippen LogP contribution < -0.4 is 14.8 Å². The van der Waals surface area contributed by atoms with Gasteiger partial charge in [0.15, 0.2) is 22.3 Å². The van der Waals surface area contributed by atoms with Gasteiger partial charge in [-0.15, -0.1) is 0 Å². The number of amides is 1. The van der Waals surface area contributed by atoms with Crippen molar-refractivity contribution in [2.24, 2.45) is 0 Å². The lowest BCUT2D eigenvalue weighted by atomic mass is 10.2. The van der Waals surface area contributed by atoms with Crippen molar-refractivity contribution in [3.8, 4) is 11.5 Å². The van der Waals surface area contributed by atoms with Crippen LogP contribution in [0.1, 0.15) is 22.5 Å². The first-order valence-electron chi connectivity index (χ1n) is 7.51. The fraction of sp³-hybridized carbons (Fsp3) is 0.312. The van der Waals surface area contributed by atoms with Crippen LogP contribution in [0, 0.1) is 0 Å². The third-order valence-electron chi connectivity index (χ3n) is 3.43. The number of thioether (sulfide) groups is 1. The van der Waals surface area contributed by atoms with E-state index in [1.807, 2.05) is 12.3 Å². The van der Waals surface area contributed by atoms with Crippen molar-refractivity contribution < 1.29 is 14.3 Å². The molecule has 1 aromatic heterocycles. The topological polar surface area (TPSA) is 73.3 Å². The number of halogens is 2. The van der Waals surface area contributed by atoms with Gasteiger partial charge in [0.1, 0.15) is 0 Å². The molecule has 0 bridgehead atoms. The minimum absolute atomic E-state index is 0.140. The van der Waals surface area contributed by atoms with Crippen molar-refractivity contribution in [1.29, 1.82) is 0 Å². The fourth-order valence-corrected chi connectivity index (χ4v) is 3.07. The Morgan fingerprint density at radius 2 is 2.08 bits per heavy atom. The lowest BCUT2D eigenvalue weighted by molar-refractivity contribution is 0.0945. The van der Waals surface area contributed by atoms with Crippen LogP contribution >= 0.6 is 35.0 Å². The van der Waals surface area contributed by atoms with Gasteiger partial charge in [-0.2, -0.15) is 0 Å². The SMILES string of the molecule is CSc1ncc(Cl)c(C(=O)NCc2cc(Cl)c3c(c2)OCCCO3)n1. The number of fused-ring (bicyclic) bond motifs is 1. The van der Waals surface area contributed by atoms with Crippen LogP contribution in [0.2, 0.25) is 10.0 Å². The fourth-order valence-electron chi connectivity index (χ4n) is 2.26. The summed E-state index contributed by atoms with van der Waals surface area (Å²) < 4.78 is 11.2. The largest absolute Gasteiger partial charge is 0.489 e. The Bertz CT molecular complexity index is 804. The number of ether oxygens (including phenoxy) is 2. The molecule has 0 spiro atoms. The van der Waals surface area contributed by atoms with Gasteiger partial charge in [-0.1, -0.05) is 35.0 Å². The van der Waals surface area contributed by atoms with E-state index >= 15 is 0 Å². The first-order valence-corrected chi connectivity index (χ1v) is 9.49. The van der Waals surface area contributed by atoms with Gasteiger partial charge in [0.2, 0.25) is 0 Å². The van der Waals surface area contributed by atoms with Gasteiger partial charge in [-0.25, -0.2) is 9.97 Å². The Kier molecular flexibility index (Phi) is 5.88. The van der Waals surface area contributed by atoms with Crippen molar-refractivity contribution in [3.05, 3.63) is 39.6 Å². The summed E-state index contributed by atoms with van der Waals surface area (Å²) in [6.45, 7) is 1.38. The monoisotopic (exact) mass is 399 g/mol. The van der Waals surface area contributed by atoms with Gasteiger partial charge in [0.25, 0.3) is 5.91 Å². The molecule has 0 aliphatic carbocycles. The Morgan fingerprint density at radius 1 is 1.28 bits per heavy atom. The maximum Gasteiger partial charge on any atom is 0.271 e. The maximum atomic E-state index is 12.4. The molecule has 3 rings (SSSR count). The molecule has 0 fully saturated rings. The molecule has 0 saturated heterocycles. The summed E-state index contributed by atoms with van der Waals surface area (Å²) in [5.74, 6) is 0.739. The first kappa shape index (κ1) is 18.1. The van der Waals surface area contributed by atoms with Gasteiger partial charge in [0.05, 0.1) is 29.5 Å². The van der Waals surface area contributed by atoms with E-state index in [0.717, 1.165) is 12.0 Å². The molecule has 1 aliphatic rings. The number of hydrogen-bond acceptors (Lipinski definition) is 6. The molecule has 1 amide bonds. The second-order valence-corrected chi connectivity index (χ2v) is 6.78. The molecule has 6 nitrogen and oxygen atoms in total. The molecule has 0 atom stereocenters. The van der Waals surface area contributed by atoms with Gasteiger partial charge in [-0.3, -0.25) is 4.79 Å². The average molecular weight is 400 g/mol. The number of rotatable bonds is 4. The Morgan fingerprint density at radius 3 is 2.88 bits per heavy atom. The zero-order chi connectivity index (χ0) is 17.8. The average Bonchev–Trinajstić information content (AvgIpc) is 2.86. The normalized spacial score (nSPS) is 13.2. The maximum absolute atomic E-state index is 12.4. The van der Waals surface area contributed by atoms with E-state index in [-0.39, 0.29) is 23.2 Å². The van der Waals surface area contributed by atoms with E-state index in [1.54, 1.807) is 6.07 Å². The molecule has 132 valence electrons. The number of aromatic nitrogens is 2. The summed E-state index contributed by atoms with van der Waals surface area (Å²) in [7, 11) is 0. The molecule has 0 radical (unpaired) electrons. The van der Waals surface area contributed by atoms with Crippen molar-refractivity contribution in [3.63, 3.8) is 0 Å². The Labute approximate surface area is 159 Å². The van der Waals surface area contributed by atoms with E-state index in [1.165, 1.54) is 18.0 Å². The molecule has 2 aromatic rings. The summed E-state index contributed by atoms with van der Waals surface area (Å²) in [4.78, 5) is 20.5. The summed E-state index contributed by atoms with van der Waals surface area (Å²) >= 11 is 13.6. The highest BCUT2D eigenvalue weighted by Gasteiger charge is 2.17. The van der Waals surface area contributed by atoms with Crippen molar-refractivity contribution in [1.82, 2.24) is 15.3 Å². The predicted octanol–water partition coefficient (Wildman–Crippen LogP) is 3.60. The molecular weight excluding hydrogens is 385 g/mol. The number of hydrogen-bond donors (Lipinski definition) is 1. The van der Waals surface area contributed by atoms with Crippen LogP contribution in [0.3, 0.4) is 0 Å². The number of carbonyl (C=O) groups excluding carboxylic acids is 1. The lowest BCUT2D eigenvalue weighted by Crippen LogP contribution is -2.24. The van der Waals surface area contributed by atoms with Crippen LogP contribution in [0.4, 0.5) is 0 Å². The number of carbonyl (C=O) groups is 1. The van der Waals surface area contributed by atoms with Crippen molar-refractivity contribution >= 4 is 40.9 Å². The van der Waals surface area contributed by atoms with Crippen molar-refractivity contribution in [2.75, 3.05) is 19.5 Å². The van der Waals surface area contributed by atoms with Gasteiger partial charge >= 0.3 is 0 Å². The molecule has 2 heterocycles. The first-order chi connectivity index (χ1) is 12.1. The van der Waals surface area contributed by atoms with Gasteiger partial charge in [0, 0.05) is 13.0 Å². The van der Waals surface area contributed by atoms with Gasteiger partial charge < -0.3 is 14.8 Å². The molecular formula is C16H15Cl2N3O3S. The number of nitrogens with zero attached hydrogens (tertiary/aromatic N) is 2. The van der Waals surface area contributed by atoms with E-state index in [4.69, 9.17) is 32.7 Å². The molecule has 1 aliphatic heterocycles. The molecule has 25 heavy (non-hydrogen) atoms. The zero-order valence-electron chi connectivity index (χ0n) is 13.3. The predicted molar refractivity (Wildman–Crippen MR) is 97.1 cm³/mol.